The van der Waals surface area contributed by atoms with Crippen molar-refractivity contribution >= 4 is 5.91 Å². The Morgan fingerprint density at radius 3 is 2.82 bits per heavy atom. The fourth-order valence-corrected chi connectivity index (χ4v) is 2.21. The Balaban J connectivity index is 2.00. The van der Waals surface area contributed by atoms with E-state index in [9.17, 15) is 4.79 Å². The number of hydrogen-bond donors (Lipinski definition) is 1. The van der Waals surface area contributed by atoms with Gasteiger partial charge in [-0.1, -0.05) is 31.2 Å². The second-order valence-electron chi connectivity index (χ2n) is 4.71. The van der Waals surface area contributed by atoms with Gasteiger partial charge in [0, 0.05) is 25.6 Å². The Bertz CT molecular complexity index is 403. The maximum absolute atomic E-state index is 12.0. The fourth-order valence-electron chi connectivity index (χ4n) is 2.21. The number of fused-ring (bicyclic) bond motifs is 1. The maximum Gasteiger partial charge on any atom is 0.224 e. The number of hydrogen-bond acceptors (Lipinski definition) is 2. The molecule has 1 aromatic rings. The molecule has 1 aromatic carbocycles. The summed E-state index contributed by atoms with van der Waals surface area (Å²) in [5.74, 6) is 0.189. The first-order valence-electron chi connectivity index (χ1n) is 6.31. The van der Waals surface area contributed by atoms with Crippen LogP contribution >= 0.6 is 0 Å². The number of benzene rings is 1. The van der Waals surface area contributed by atoms with E-state index in [1.165, 1.54) is 11.1 Å². The van der Waals surface area contributed by atoms with Crippen LogP contribution in [0.25, 0.3) is 0 Å². The number of nitrogens with zero attached hydrogens (tertiary/aromatic N) is 1. The first-order valence-corrected chi connectivity index (χ1v) is 6.31. The van der Waals surface area contributed by atoms with Gasteiger partial charge >= 0.3 is 0 Å². The first kappa shape index (κ1) is 12.1. The molecule has 3 nitrogen and oxygen atoms in total. The van der Waals surface area contributed by atoms with Crippen LogP contribution in [0.3, 0.4) is 0 Å². The molecule has 0 fully saturated rings. The average Bonchev–Trinajstić information content (AvgIpc) is 2.38. The van der Waals surface area contributed by atoms with Crippen molar-refractivity contribution < 1.29 is 4.79 Å². The third-order valence-electron chi connectivity index (χ3n) is 3.44. The summed E-state index contributed by atoms with van der Waals surface area (Å²) in [6, 6.07) is 8.34. The van der Waals surface area contributed by atoms with Crippen LogP contribution in [0.15, 0.2) is 24.3 Å². The Labute approximate surface area is 103 Å². The number of amides is 1. The van der Waals surface area contributed by atoms with Crippen LogP contribution in [-0.4, -0.2) is 23.4 Å². The van der Waals surface area contributed by atoms with E-state index in [2.05, 4.69) is 18.2 Å². The average molecular weight is 232 g/mol. The van der Waals surface area contributed by atoms with Gasteiger partial charge in [0.1, 0.15) is 0 Å². The molecule has 0 spiro atoms. The second-order valence-corrected chi connectivity index (χ2v) is 4.71. The minimum atomic E-state index is -0.000305. The smallest absolute Gasteiger partial charge is 0.224 e. The van der Waals surface area contributed by atoms with Crippen LogP contribution in [0.1, 0.15) is 30.9 Å². The van der Waals surface area contributed by atoms with Crippen LogP contribution < -0.4 is 5.73 Å². The Hall–Kier alpha value is -1.35. The van der Waals surface area contributed by atoms with Gasteiger partial charge in [-0.15, -0.1) is 0 Å². The van der Waals surface area contributed by atoms with E-state index in [4.69, 9.17) is 5.73 Å². The Kier molecular flexibility index (Phi) is 3.79. The molecule has 1 heterocycles. The zero-order valence-electron chi connectivity index (χ0n) is 10.4. The van der Waals surface area contributed by atoms with Crippen molar-refractivity contribution in [2.45, 2.75) is 38.8 Å². The van der Waals surface area contributed by atoms with Crippen LogP contribution in [0.4, 0.5) is 0 Å². The normalized spacial score (nSPS) is 16.5. The lowest BCUT2D eigenvalue weighted by molar-refractivity contribution is -0.132. The molecule has 2 N–H and O–H groups in total. The molecule has 17 heavy (non-hydrogen) atoms. The SMILES string of the molecule is CCC(N)CC(=O)N1CCc2ccccc2C1. The standard InChI is InChI=1S/C14H20N2O/c1-2-13(15)9-14(17)16-8-7-11-5-3-4-6-12(11)10-16/h3-6,13H,2,7-10,15H2,1H3. The summed E-state index contributed by atoms with van der Waals surface area (Å²) in [6.07, 6.45) is 2.29. The molecule has 1 aliphatic heterocycles. The lowest BCUT2D eigenvalue weighted by Crippen LogP contribution is -2.38. The van der Waals surface area contributed by atoms with Crippen LogP contribution in [-0.2, 0) is 17.8 Å². The van der Waals surface area contributed by atoms with Gasteiger partial charge in [0.25, 0.3) is 0 Å². The second kappa shape index (κ2) is 5.32. The molecule has 92 valence electrons. The van der Waals surface area contributed by atoms with Crippen molar-refractivity contribution in [3.05, 3.63) is 35.4 Å². The van der Waals surface area contributed by atoms with E-state index in [0.717, 1.165) is 25.9 Å². The molecule has 0 aliphatic carbocycles. The van der Waals surface area contributed by atoms with Crippen molar-refractivity contribution in [1.82, 2.24) is 4.90 Å². The van der Waals surface area contributed by atoms with Gasteiger partial charge in [-0.3, -0.25) is 4.79 Å². The van der Waals surface area contributed by atoms with E-state index < -0.39 is 0 Å². The van der Waals surface area contributed by atoms with Gasteiger partial charge in [-0.25, -0.2) is 0 Å². The van der Waals surface area contributed by atoms with Gasteiger partial charge in [0.05, 0.1) is 0 Å². The summed E-state index contributed by atoms with van der Waals surface area (Å²) in [5, 5.41) is 0. The highest BCUT2D eigenvalue weighted by Crippen LogP contribution is 2.19. The van der Waals surface area contributed by atoms with Gasteiger partial charge in [-0.2, -0.15) is 0 Å². The number of nitrogens with two attached hydrogens (primary N) is 1. The predicted octanol–water partition coefficient (Wildman–Crippen LogP) is 1.70. The van der Waals surface area contributed by atoms with Crippen molar-refractivity contribution in [2.24, 2.45) is 5.73 Å². The monoisotopic (exact) mass is 232 g/mol. The van der Waals surface area contributed by atoms with Crippen LogP contribution in [0.5, 0.6) is 0 Å². The molecule has 1 unspecified atom stereocenters. The van der Waals surface area contributed by atoms with Crippen molar-refractivity contribution in [1.29, 1.82) is 0 Å². The largest absolute Gasteiger partial charge is 0.338 e. The summed E-state index contributed by atoms with van der Waals surface area (Å²) in [6.45, 7) is 3.58. The van der Waals surface area contributed by atoms with Crippen molar-refractivity contribution in [3.63, 3.8) is 0 Å². The summed E-state index contributed by atoms with van der Waals surface area (Å²) in [4.78, 5) is 14.0. The van der Waals surface area contributed by atoms with Crippen molar-refractivity contribution in [2.75, 3.05) is 6.54 Å². The van der Waals surface area contributed by atoms with E-state index in [0.29, 0.717) is 6.42 Å². The summed E-state index contributed by atoms with van der Waals surface area (Å²) < 4.78 is 0. The highest BCUT2D eigenvalue weighted by molar-refractivity contribution is 5.77. The molecular formula is C14H20N2O. The number of carbonyl (C=O) groups excluding carboxylic acids is 1. The van der Waals surface area contributed by atoms with E-state index >= 15 is 0 Å². The molecule has 3 heteroatoms. The summed E-state index contributed by atoms with van der Waals surface area (Å²) in [5.41, 5.74) is 8.47. The summed E-state index contributed by atoms with van der Waals surface area (Å²) >= 11 is 0. The van der Waals surface area contributed by atoms with E-state index in [-0.39, 0.29) is 11.9 Å². The Morgan fingerprint density at radius 1 is 1.41 bits per heavy atom. The van der Waals surface area contributed by atoms with Gasteiger partial charge in [0.2, 0.25) is 5.91 Å². The van der Waals surface area contributed by atoms with Gasteiger partial charge in [0.15, 0.2) is 0 Å². The Morgan fingerprint density at radius 2 is 2.12 bits per heavy atom. The quantitative estimate of drug-likeness (QED) is 0.862. The summed E-state index contributed by atoms with van der Waals surface area (Å²) in [7, 11) is 0. The molecule has 0 saturated carbocycles. The first-order chi connectivity index (χ1) is 8.20. The molecule has 1 atom stereocenters. The number of carbonyl (C=O) groups is 1. The molecule has 0 aromatic heterocycles. The fraction of sp³-hybridized carbons (Fsp3) is 0.500. The topological polar surface area (TPSA) is 46.3 Å². The molecule has 0 saturated heterocycles. The third-order valence-corrected chi connectivity index (χ3v) is 3.44. The van der Waals surface area contributed by atoms with Crippen LogP contribution in [0.2, 0.25) is 0 Å². The highest BCUT2D eigenvalue weighted by Gasteiger charge is 2.21. The molecular weight excluding hydrogens is 212 g/mol. The molecule has 0 bridgehead atoms. The van der Waals surface area contributed by atoms with Gasteiger partial charge in [-0.05, 0) is 24.0 Å². The molecule has 1 aliphatic rings. The number of rotatable bonds is 3. The zero-order chi connectivity index (χ0) is 12.3. The zero-order valence-corrected chi connectivity index (χ0v) is 10.4. The molecule has 2 rings (SSSR count). The maximum atomic E-state index is 12.0. The lowest BCUT2D eigenvalue weighted by Gasteiger charge is -2.29. The van der Waals surface area contributed by atoms with Crippen molar-refractivity contribution in [3.8, 4) is 0 Å². The molecule has 1 amide bonds. The van der Waals surface area contributed by atoms with Gasteiger partial charge < -0.3 is 10.6 Å². The van der Waals surface area contributed by atoms with E-state index in [1.54, 1.807) is 0 Å². The minimum absolute atomic E-state index is 0.000305. The van der Waals surface area contributed by atoms with E-state index in [1.807, 2.05) is 17.9 Å². The minimum Gasteiger partial charge on any atom is -0.338 e. The predicted molar refractivity (Wildman–Crippen MR) is 68.4 cm³/mol. The van der Waals surface area contributed by atoms with Crippen LogP contribution in [0, 0.1) is 0 Å². The lowest BCUT2D eigenvalue weighted by atomic mass is 9.99. The highest BCUT2D eigenvalue weighted by atomic mass is 16.2. The molecule has 0 radical (unpaired) electrons. The third kappa shape index (κ3) is 2.86.